The molecule has 1 atom stereocenters. The summed E-state index contributed by atoms with van der Waals surface area (Å²) in [7, 11) is 1.95. The van der Waals surface area contributed by atoms with E-state index in [2.05, 4.69) is 31.0 Å². The van der Waals surface area contributed by atoms with E-state index >= 15 is 0 Å². The lowest BCUT2D eigenvalue weighted by atomic mass is 10.2. The number of carbonyl (C=O) groups excluding carboxylic acids is 1. The van der Waals surface area contributed by atoms with Crippen LogP contribution in [0.25, 0.3) is 0 Å². The zero-order valence-corrected chi connectivity index (χ0v) is 17.2. The summed E-state index contributed by atoms with van der Waals surface area (Å²) in [6.07, 6.45) is 2.48. The first-order chi connectivity index (χ1) is 11.9. The number of nitrogens with one attached hydrogen (secondary N) is 1. The van der Waals surface area contributed by atoms with Gasteiger partial charge in [0.15, 0.2) is 5.96 Å². The van der Waals surface area contributed by atoms with Crippen molar-refractivity contribution in [3.8, 4) is 0 Å². The van der Waals surface area contributed by atoms with Crippen LogP contribution in [0.4, 0.5) is 0 Å². The molecule has 1 aliphatic rings. The number of rotatable bonds is 9. The van der Waals surface area contributed by atoms with Crippen molar-refractivity contribution < 1.29 is 4.79 Å². The lowest BCUT2D eigenvalue weighted by Crippen LogP contribution is -2.46. The Morgan fingerprint density at radius 3 is 2.52 bits per heavy atom. The molecule has 1 heterocycles. The molecule has 146 valence electrons. The highest BCUT2D eigenvalue weighted by Gasteiger charge is 2.25. The van der Waals surface area contributed by atoms with Crippen molar-refractivity contribution in [2.24, 2.45) is 10.9 Å². The molecule has 0 radical (unpaired) electrons. The van der Waals surface area contributed by atoms with Gasteiger partial charge in [-0.25, -0.2) is 0 Å². The molecule has 1 amide bonds. The molecular formula is C19H39N5O. The van der Waals surface area contributed by atoms with Gasteiger partial charge in [0, 0.05) is 39.3 Å². The first kappa shape index (κ1) is 21.7. The molecule has 25 heavy (non-hydrogen) atoms. The Bertz CT molecular complexity index is 420. The molecule has 0 bridgehead atoms. The molecule has 0 aromatic heterocycles. The maximum Gasteiger partial charge on any atom is 0.242 e. The van der Waals surface area contributed by atoms with E-state index in [1.54, 1.807) is 0 Å². The summed E-state index contributed by atoms with van der Waals surface area (Å²) in [6, 6.07) is 0.530. The summed E-state index contributed by atoms with van der Waals surface area (Å²) in [5.74, 6) is 1.67. The van der Waals surface area contributed by atoms with Crippen LogP contribution in [0.1, 0.15) is 47.5 Å². The van der Waals surface area contributed by atoms with Crippen molar-refractivity contribution >= 4 is 11.9 Å². The van der Waals surface area contributed by atoms with E-state index in [1.165, 1.54) is 19.4 Å². The Balaban J connectivity index is 2.67. The first-order valence-corrected chi connectivity index (χ1v) is 9.94. The van der Waals surface area contributed by atoms with Crippen molar-refractivity contribution in [1.82, 2.24) is 20.0 Å². The molecule has 0 aromatic carbocycles. The monoisotopic (exact) mass is 353 g/mol. The molecule has 1 aliphatic heterocycles. The summed E-state index contributed by atoms with van der Waals surface area (Å²) < 4.78 is 0. The van der Waals surface area contributed by atoms with Crippen LogP contribution < -0.4 is 5.32 Å². The fraction of sp³-hybridized carbons (Fsp3) is 0.895. The minimum absolute atomic E-state index is 0.153. The molecule has 1 fully saturated rings. The molecule has 0 aliphatic carbocycles. The molecule has 0 aromatic rings. The predicted octanol–water partition coefficient (Wildman–Crippen LogP) is 1.87. The topological polar surface area (TPSA) is 51.2 Å². The van der Waals surface area contributed by atoms with Crippen LogP contribution in [-0.2, 0) is 4.79 Å². The Kier molecular flexibility index (Phi) is 9.86. The third-order valence-corrected chi connectivity index (χ3v) is 4.74. The number of hydrogen-bond acceptors (Lipinski definition) is 3. The lowest BCUT2D eigenvalue weighted by molar-refractivity contribution is -0.131. The van der Waals surface area contributed by atoms with Gasteiger partial charge in [0.2, 0.25) is 5.91 Å². The van der Waals surface area contributed by atoms with Gasteiger partial charge >= 0.3 is 0 Å². The van der Waals surface area contributed by atoms with E-state index in [-0.39, 0.29) is 5.91 Å². The van der Waals surface area contributed by atoms with Gasteiger partial charge in [0.05, 0.1) is 13.1 Å². The summed E-state index contributed by atoms with van der Waals surface area (Å²) in [5, 5.41) is 3.33. The minimum Gasteiger partial charge on any atom is -0.357 e. The summed E-state index contributed by atoms with van der Waals surface area (Å²) >= 11 is 0. The van der Waals surface area contributed by atoms with Gasteiger partial charge < -0.3 is 15.1 Å². The third kappa shape index (κ3) is 7.22. The van der Waals surface area contributed by atoms with Gasteiger partial charge in [-0.15, -0.1) is 0 Å². The molecule has 0 saturated carbocycles. The van der Waals surface area contributed by atoms with Gasteiger partial charge in [-0.3, -0.25) is 14.7 Å². The van der Waals surface area contributed by atoms with E-state index in [0.29, 0.717) is 18.5 Å². The Labute approximate surface area is 154 Å². The van der Waals surface area contributed by atoms with E-state index in [1.807, 2.05) is 30.7 Å². The highest BCUT2D eigenvalue weighted by atomic mass is 16.2. The first-order valence-electron chi connectivity index (χ1n) is 9.94. The molecule has 6 nitrogen and oxygen atoms in total. The number of guanidine groups is 1. The molecule has 0 spiro atoms. The van der Waals surface area contributed by atoms with Crippen molar-refractivity contribution in [2.75, 3.05) is 52.9 Å². The zero-order valence-electron chi connectivity index (χ0n) is 17.2. The van der Waals surface area contributed by atoms with Crippen molar-refractivity contribution in [3.63, 3.8) is 0 Å². The highest BCUT2D eigenvalue weighted by molar-refractivity contribution is 5.86. The van der Waals surface area contributed by atoms with Crippen molar-refractivity contribution in [2.45, 2.75) is 53.5 Å². The number of likely N-dealkylation sites (tertiary alicyclic amines) is 1. The van der Waals surface area contributed by atoms with Crippen LogP contribution in [0.5, 0.6) is 0 Å². The Morgan fingerprint density at radius 1 is 1.28 bits per heavy atom. The van der Waals surface area contributed by atoms with Gasteiger partial charge in [0.25, 0.3) is 0 Å². The average Bonchev–Trinajstić information content (AvgIpc) is 2.98. The number of hydrogen-bond donors (Lipinski definition) is 1. The molecule has 0 unspecified atom stereocenters. The molecule has 1 saturated heterocycles. The van der Waals surface area contributed by atoms with Crippen LogP contribution >= 0.6 is 0 Å². The van der Waals surface area contributed by atoms with Crippen LogP contribution in [-0.4, -0.2) is 85.5 Å². The smallest absolute Gasteiger partial charge is 0.242 e. The maximum absolute atomic E-state index is 12.4. The van der Waals surface area contributed by atoms with Gasteiger partial charge in [-0.05, 0) is 46.1 Å². The quantitative estimate of drug-likeness (QED) is 0.508. The number of amides is 1. The van der Waals surface area contributed by atoms with Crippen LogP contribution in [0.3, 0.4) is 0 Å². The lowest BCUT2D eigenvalue weighted by Gasteiger charge is -2.27. The number of aliphatic imine (C=N–C) groups is 1. The second kappa shape index (κ2) is 11.3. The summed E-state index contributed by atoms with van der Waals surface area (Å²) in [5.41, 5.74) is 0. The normalized spacial score (nSPS) is 18.7. The largest absolute Gasteiger partial charge is 0.357 e. The highest BCUT2D eigenvalue weighted by Crippen LogP contribution is 2.18. The van der Waals surface area contributed by atoms with E-state index in [9.17, 15) is 4.79 Å². The molecule has 1 N–H and O–H groups in total. The van der Waals surface area contributed by atoms with Crippen LogP contribution in [0, 0.1) is 5.92 Å². The standard InChI is InChI=1S/C19H39N5O/c1-7-20-19(22(6)15-18(25)23(8-2)9-3)21-13-17-11-10-12-24(17)14-16(4)5/h16-17H,7-15H2,1-6H3,(H,20,21)/t17-/m1/s1. The maximum atomic E-state index is 12.4. The predicted molar refractivity (Wildman–Crippen MR) is 106 cm³/mol. The van der Waals surface area contributed by atoms with Gasteiger partial charge in [-0.2, -0.15) is 0 Å². The van der Waals surface area contributed by atoms with E-state index in [0.717, 1.165) is 38.7 Å². The Hall–Kier alpha value is -1.30. The van der Waals surface area contributed by atoms with Crippen LogP contribution in [0.15, 0.2) is 4.99 Å². The van der Waals surface area contributed by atoms with Crippen molar-refractivity contribution in [3.05, 3.63) is 0 Å². The number of carbonyl (C=O) groups is 1. The minimum atomic E-state index is 0.153. The average molecular weight is 354 g/mol. The molecule has 1 rings (SSSR count). The van der Waals surface area contributed by atoms with E-state index < -0.39 is 0 Å². The SMILES string of the molecule is CCNC(=NC[C@H]1CCCN1CC(C)C)N(C)CC(=O)N(CC)CC. The number of likely N-dealkylation sites (N-methyl/N-ethyl adjacent to an activating group) is 2. The van der Waals surface area contributed by atoms with Crippen LogP contribution in [0.2, 0.25) is 0 Å². The third-order valence-electron chi connectivity index (χ3n) is 4.74. The van der Waals surface area contributed by atoms with Gasteiger partial charge in [0.1, 0.15) is 0 Å². The second-order valence-corrected chi connectivity index (χ2v) is 7.30. The van der Waals surface area contributed by atoms with E-state index in [4.69, 9.17) is 4.99 Å². The summed E-state index contributed by atoms with van der Waals surface area (Å²) in [6.45, 7) is 16.5. The number of nitrogens with zero attached hydrogens (tertiary/aromatic N) is 4. The van der Waals surface area contributed by atoms with Crippen molar-refractivity contribution in [1.29, 1.82) is 0 Å². The molecular weight excluding hydrogens is 314 g/mol. The second-order valence-electron chi connectivity index (χ2n) is 7.30. The fourth-order valence-corrected chi connectivity index (χ4v) is 3.43. The Morgan fingerprint density at radius 2 is 1.96 bits per heavy atom. The fourth-order valence-electron chi connectivity index (χ4n) is 3.43. The molecule has 6 heteroatoms. The zero-order chi connectivity index (χ0) is 18.8. The summed E-state index contributed by atoms with van der Waals surface area (Å²) in [4.78, 5) is 23.6. The van der Waals surface area contributed by atoms with Gasteiger partial charge in [-0.1, -0.05) is 13.8 Å².